The van der Waals surface area contributed by atoms with E-state index in [1.807, 2.05) is 0 Å². The summed E-state index contributed by atoms with van der Waals surface area (Å²) in [5.41, 5.74) is -0.0174. The highest BCUT2D eigenvalue weighted by Gasteiger charge is 2.20. The molecule has 0 aliphatic heterocycles. The highest BCUT2D eigenvalue weighted by molar-refractivity contribution is 7.89. The van der Waals surface area contributed by atoms with Crippen LogP contribution in [0.3, 0.4) is 0 Å². The number of carbonyl (C=O) groups excluding carboxylic acids is 1. The summed E-state index contributed by atoms with van der Waals surface area (Å²) in [6, 6.07) is 3.00. The largest absolute Gasteiger partial charge is 0.462 e. The van der Waals surface area contributed by atoms with Crippen LogP contribution in [0.15, 0.2) is 23.1 Å². The summed E-state index contributed by atoms with van der Waals surface area (Å²) in [4.78, 5) is 11.2. The third-order valence-corrected chi connectivity index (χ3v) is 4.57. The van der Waals surface area contributed by atoms with Crippen LogP contribution in [0, 0.1) is 11.7 Å². The van der Waals surface area contributed by atoms with Gasteiger partial charge >= 0.3 is 5.97 Å². The van der Waals surface area contributed by atoms with Gasteiger partial charge in [0.15, 0.2) is 0 Å². The zero-order valence-electron chi connectivity index (χ0n) is 11.5. The molecule has 0 unspecified atom stereocenters. The molecular weight excluding hydrogens is 297 g/mol. The van der Waals surface area contributed by atoms with E-state index in [-0.39, 0.29) is 5.56 Å². The van der Waals surface area contributed by atoms with Gasteiger partial charge in [-0.2, -0.15) is 0 Å². The summed E-state index contributed by atoms with van der Waals surface area (Å²) in [6.07, 6.45) is 5.53. The second-order valence-electron chi connectivity index (χ2n) is 5.29. The van der Waals surface area contributed by atoms with Gasteiger partial charge in [-0.3, -0.25) is 0 Å². The topological polar surface area (TPSA) is 86.5 Å². The number of nitrogens with two attached hydrogens (primary N) is 1. The van der Waals surface area contributed by atoms with E-state index in [1.165, 1.54) is 12.5 Å². The van der Waals surface area contributed by atoms with Crippen LogP contribution in [0.25, 0.3) is 0 Å². The summed E-state index contributed by atoms with van der Waals surface area (Å²) in [5, 5.41) is 4.90. The number of benzene rings is 1. The van der Waals surface area contributed by atoms with Gasteiger partial charge in [-0.15, -0.1) is 0 Å². The van der Waals surface area contributed by atoms with E-state index in [0.717, 1.165) is 37.8 Å². The lowest BCUT2D eigenvalue weighted by Gasteiger charge is -2.21. The molecule has 1 saturated carbocycles. The quantitative estimate of drug-likeness (QED) is 0.863. The molecule has 1 aliphatic carbocycles. The molecule has 7 heteroatoms. The molecule has 0 amide bonds. The monoisotopic (exact) mass is 315 g/mol. The number of esters is 1. The fraction of sp³-hybridized carbons (Fsp3) is 0.500. The third-order valence-electron chi connectivity index (χ3n) is 3.65. The number of rotatable bonds is 4. The zero-order valence-corrected chi connectivity index (χ0v) is 12.4. The first-order chi connectivity index (χ1) is 9.88. The fourth-order valence-corrected chi connectivity index (χ4v) is 3.11. The van der Waals surface area contributed by atoms with Gasteiger partial charge < -0.3 is 4.74 Å². The molecule has 0 spiro atoms. The number of hydrogen-bond acceptors (Lipinski definition) is 4. The third kappa shape index (κ3) is 4.25. The zero-order chi connectivity index (χ0) is 15.5. The smallest absolute Gasteiger partial charge is 0.338 e. The normalized spacial score (nSPS) is 16.7. The predicted molar refractivity (Wildman–Crippen MR) is 74.6 cm³/mol. The Kier molecular flexibility index (Phi) is 4.95. The molecule has 0 heterocycles. The van der Waals surface area contributed by atoms with E-state index in [4.69, 9.17) is 9.88 Å². The van der Waals surface area contributed by atoms with Crippen molar-refractivity contribution in [2.75, 3.05) is 6.61 Å². The van der Waals surface area contributed by atoms with Crippen molar-refractivity contribution in [3.8, 4) is 0 Å². The molecule has 0 radical (unpaired) electrons. The average Bonchev–Trinajstić information content (AvgIpc) is 2.45. The minimum Gasteiger partial charge on any atom is -0.462 e. The Morgan fingerprint density at radius 2 is 1.95 bits per heavy atom. The van der Waals surface area contributed by atoms with E-state index < -0.39 is 26.7 Å². The van der Waals surface area contributed by atoms with Crippen LogP contribution in [0.4, 0.5) is 4.39 Å². The molecule has 0 aromatic heterocycles. The van der Waals surface area contributed by atoms with Crippen molar-refractivity contribution in [1.82, 2.24) is 0 Å². The Bertz CT molecular complexity index is 624. The number of halogens is 1. The lowest BCUT2D eigenvalue weighted by molar-refractivity contribution is 0.0410. The first-order valence-electron chi connectivity index (χ1n) is 6.87. The molecular formula is C14H18FNO4S. The molecule has 2 rings (SSSR count). The molecule has 0 atom stereocenters. The number of hydrogen-bond donors (Lipinski definition) is 1. The molecule has 0 bridgehead atoms. The van der Waals surface area contributed by atoms with Gasteiger partial charge in [-0.05, 0) is 37.0 Å². The molecule has 1 aromatic carbocycles. The van der Waals surface area contributed by atoms with Gasteiger partial charge in [0, 0.05) is 0 Å². The maximum Gasteiger partial charge on any atom is 0.338 e. The summed E-state index contributed by atoms with van der Waals surface area (Å²) < 4.78 is 41.0. The van der Waals surface area contributed by atoms with Gasteiger partial charge in [-0.25, -0.2) is 22.7 Å². The van der Waals surface area contributed by atoms with Crippen molar-refractivity contribution in [3.05, 3.63) is 29.6 Å². The summed E-state index contributed by atoms with van der Waals surface area (Å²) >= 11 is 0. The number of primary sulfonamides is 1. The Balaban J connectivity index is 2.05. The van der Waals surface area contributed by atoms with Crippen LogP contribution < -0.4 is 5.14 Å². The molecule has 1 aliphatic rings. The minimum absolute atomic E-state index is 0.0174. The maximum absolute atomic E-state index is 13.4. The molecule has 21 heavy (non-hydrogen) atoms. The molecule has 1 fully saturated rings. The van der Waals surface area contributed by atoms with Gasteiger partial charge in [-0.1, -0.05) is 19.3 Å². The first kappa shape index (κ1) is 15.9. The highest BCUT2D eigenvalue weighted by atomic mass is 32.2. The fourth-order valence-electron chi connectivity index (χ4n) is 2.48. The van der Waals surface area contributed by atoms with Gasteiger partial charge in [0.05, 0.1) is 12.2 Å². The maximum atomic E-state index is 13.4. The molecule has 1 aromatic rings. The highest BCUT2D eigenvalue weighted by Crippen LogP contribution is 2.24. The standard InChI is InChI=1S/C14H18FNO4S/c15-12-7-6-11(8-13(12)21(16,18)19)14(17)20-9-10-4-2-1-3-5-10/h6-8,10H,1-5,9H2,(H2,16,18,19). The van der Waals surface area contributed by atoms with E-state index in [0.29, 0.717) is 12.5 Å². The lowest BCUT2D eigenvalue weighted by Crippen LogP contribution is -2.18. The van der Waals surface area contributed by atoms with Crippen molar-refractivity contribution >= 4 is 16.0 Å². The number of ether oxygens (including phenoxy) is 1. The molecule has 5 nitrogen and oxygen atoms in total. The average molecular weight is 315 g/mol. The van der Waals surface area contributed by atoms with E-state index in [9.17, 15) is 17.6 Å². The van der Waals surface area contributed by atoms with E-state index in [1.54, 1.807) is 0 Å². The van der Waals surface area contributed by atoms with Crippen molar-refractivity contribution in [1.29, 1.82) is 0 Å². The van der Waals surface area contributed by atoms with Crippen molar-refractivity contribution in [2.24, 2.45) is 11.1 Å². The van der Waals surface area contributed by atoms with E-state index in [2.05, 4.69) is 0 Å². The van der Waals surface area contributed by atoms with Gasteiger partial charge in [0.25, 0.3) is 0 Å². The van der Waals surface area contributed by atoms with Crippen molar-refractivity contribution < 1.29 is 22.3 Å². The first-order valence-corrected chi connectivity index (χ1v) is 8.42. The number of carbonyl (C=O) groups is 1. The van der Waals surface area contributed by atoms with Crippen LogP contribution in [-0.4, -0.2) is 21.0 Å². The van der Waals surface area contributed by atoms with Crippen LogP contribution >= 0.6 is 0 Å². The Morgan fingerprint density at radius 3 is 2.57 bits per heavy atom. The van der Waals surface area contributed by atoms with E-state index >= 15 is 0 Å². The van der Waals surface area contributed by atoms with Crippen LogP contribution in [0.1, 0.15) is 42.5 Å². The Hall–Kier alpha value is -1.47. The Labute approximate surface area is 123 Å². The summed E-state index contributed by atoms with van der Waals surface area (Å²) in [5.74, 6) is -1.30. The van der Waals surface area contributed by atoms with Crippen LogP contribution in [0.2, 0.25) is 0 Å². The van der Waals surface area contributed by atoms with Gasteiger partial charge in [0.1, 0.15) is 10.7 Å². The minimum atomic E-state index is -4.21. The van der Waals surface area contributed by atoms with Crippen LogP contribution in [0.5, 0.6) is 0 Å². The van der Waals surface area contributed by atoms with Gasteiger partial charge in [0.2, 0.25) is 10.0 Å². The number of sulfonamides is 1. The molecule has 2 N–H and O–H groups in total. The lowest BCUT2D eigenvalue weighted by atomic mass is 9.90. The van der Waals surface area contributed by atoms with Crippen molar-refractivity contribution in [2.45, 2.75) is 37.0 Å². The predicted octanol–water partition coefficient (Wildman–Crippen LogP) is 2.21. The van der Waals surface area contributed by atoms with Crippen LogP contribution in [-0.2, 0) is 14.8 Å². The molecule has 116 valence electrons. The molecule has 0 saturated heterocycles. The SMILES string of the molecule is NS(=O)(=O)c1cc(C(=O)OCC2CCCCC2)ccc1F. The Morgan fingerprint density at radius 1 is 1.29 bits per heavy atom. The second-order valence-corrected chi connectivity index (χ2v) is 6.82. The second kappa shape index (κ2) is 6.53. The summed E-state index contributed by atoms with van der Waals surface area (Å²) in [7, 11) is -4.21. The van der Waals surface area contributed by atoms with Crippen molar-refractivity contribution in [3.63, 3.8) is 0 Å². The summed E-state index contributed by atoms with van der Waals surface area (Å²) in [6.45, 7) is 0.306.